The Bertz CT molecular complexity index is 690. The van der Waals surface area contributed by atoms with E-state index in [1.807, 2.05) is 0 Å². The molecule has 0 aromatic carbocycles. The van der Waals surface area contributed by atoms with Gasteiger partial charge in [-0.2, -0.15) is 0 Å². The topological polar surface area (TPSA) is 89.2 Å². The van der Waals surface area contributed by atoms with Gasteiger partial charge < -0.3 is 5.32 Å². The molecule has 1 aliphatic heterocycles. The summed E-state index contributed by atoms with van der Waals surface area (Å²) in [6.45, 7) is 0. The Morgan fingerprint density at radius 2 is 2.35 bits per heavy atom. The van der Waals surface area contributed by atoms with Crippen LogP contribution in [0.2, 0.25) is 0 Å². The largest absolute Gasteiger partial charge is 0.360 e. The molecule has 8 heteroatoms. The predicted octanol–water partition coefficient (Wildman–Crippen LogP) is -0.153. The monoisotopic (exact) mass is 251 g/mol. The van der Waals surface area contributed by atoms with Crippen LogP contribution < -0.4 is 5.32 Å². The van der Waals surface area contributed by atoms with Crippen molar-refractivity contribution in [2.45, 2.75) is 6.04 Å². The molecule has 0 spiro atoms. The Balaban J connectivity index is 1.91. The summed E-state index contributed by atoms with van der Waals surface area (Å²) < 4.78 is 24.2. The first-order chi connectivity index (χ1) is 8.14. The standard InChI is InChI=1S/C9H9N5O2S/c15-17(16)4-1-7(5-17)12-8-9-13-11-6-14(9)3-2-10-8/h1-4,6-7H,5H2,(H,10,12). The van der Waals surface area contributed by atoms with Gasteiger partial charge in [-0.05, 0) is 6.08 Å². The van der Waals surface area contributed by atoms with Crippen molar-refractivity contribution >= 4 is 21.3 Å². The van der Waals surface area contributed by atoms with Gasteiger partial charge in [-0.25, -0.2) is 13.4 Å². The van der Waals surface area contributed by atoms with Crippen LogP contribution in [0.15, 0.2) is 30.2 Å². The molecule has 2 aromatic heterocycles. The quantitative estimate of drug-likeness (QED) is 0.798. The number of nitrogens with one attached hydrogen (secondary N) is 1. The van der Waals surface area contributed by atoms with Crippen LogP contribution in [0.3, 0.4) is 0 Å². The van der Waals surface area contributed by atoms with Gasteiger partial charge in [0.1, 0.15) is 6.33 Å². The molecule has 2 aromatic rings. The molecule has 7 nitrogen and oxygen atoms in total. The number of sulfone groups is 1. The van der Waals surface area contributed by atoms with Gasteiger partial charge in [0, 0.05) is 17.8 Å². The van der Waals surface area contributed by atoms with Crippen LogP contribution in [0.1, 0.15) is 0 Å². The zero-order valence-electron chi connectivity index (χ0n) is 8.68. The molecule has 0 saturated carbocycles. The third kappa shape index (κ3) is 1.86. The Labute approximate surface area is 97.1 Å². The van der Waals surface area contributed by atoms with Crippen LogP contribution >= 0.6 is 0 Å². The van der Waals surface area contributed by atoms with Gasteiger partial charge in [0.05, 0.1) is 11.8 Å². The van der Waals surface area contributed by atoms with Crippen molar-refractivity contribution in [3.63, 3.8) is 0 Å². The minimum Gasteiger partial charge on any atom is -0.360 e. The minimum absolute atomic E-state index is 0.0455. The van der Waals surface area contributed by atoms with Crippen molar-refractivity contribution in [3.8, 4) is 0 Å². The number of hydrogen-bond donors (Lipinski definition) is 1. The van der Waals surface area contributed by atoms with Gasteiger partial charge >= 0.3 is 0 Å². The van der Waals surface area contributed by atoms with Crippen LogP contribution in [-0.2, 0) is 9.84 Å². The molecule has 3 heterocycles. The van der Waals surface area contributed by atoms with E-state index in [1.54, 1.807) is 29.2 Å². The summed E-state index contributed by atoms with van der Waals surface area (Å²) in [6, 6.07) is -0.268. The summed E-state index contributed by atoms with van der Waals surface area (Å²) in [7, 11) is -3.07. The summed E-state index contributed by atoms with van der Waals surface area (Å²) in [6.07, 6.45) is 6.49. The highest BCUT2D eigenvalue weighted by Gasteiger charge is 2.22. The number of aromatic nitrogens is 4. The summed E-state index contributed by atoms with van der Waals surface area (Å²) in [5, 5.41) is 11.9. The van der Waals surface area contributed by atoms with Gasteiger partial charge in [0.15, 0.2) is 15.7 Å². The van der Waals surface area contributed by atoms with E-state index in [-0.39, 0.29) is 11.8 Å². The second-order valence-corrected chi connectivity index (χ2v) is 5.68. The number of hydrogen-bond acceptors (Lipinski definition) is 6. The molecule has 17 heavy (non-hydrogen) atoms. The molecule has 88 valence electrons. The Kier molecular flexibility index (Phi) is 2.11. The second kappa shape index (κ2) is 3.52. The highest BCUT2D eigenvalue weighted by molar-refractivity contribution is 7.94. The molecule has 1 atom stereocenters. The van der Waals surface area contributed by atoms with Gasteiger partial charge in [-0.15, -0.1) is 10.2 Å². The maximum Gasteiger partial charge on any atom is 0.203 e. The van der Waals surface area contributed by atoms with Gasteiger partial charge in [-0.1, -0.05) is 0 Å². The lowest BCUT2D eigenvalue weighted by Gasteiger charge is -2.10. The Hall–Kier alpha value is -1.96. The fourth-order valence-electron chi connectivity index (χ4n) is 1.70. The Morgan fingerprint density at radius 1 is 1.47 bits per heavy atom. The zero-order chi connectivity index (χ0) is 11.9. The SMILES string of the molecule is O=S1(=O)C=CC(Nc2nccn3cnnc23)C1. The van der Waals surface area contributed by atoms with E-state index in [9.17, 15) is 8.42 Å². The smallest absolute Gasteiger partial charge is 0.203 e. The predicted molar refractivity (Wildman–Crippen MR) is 61.1 cm³/mol. The van der Waals surface area contributed by atoms with E-state index >= 15 is 0 Å². The highest BCUT2D eigenvalue weighted by Crippen LogP contribution is 2.16. The van der Waals surface area contributed by atoms with Crippen LogP contribution in [0, 0.1) is 0 Å². The molecule has 0 radical (unpaired) electrons. The summed E-state index contributed by atoms with van der Waals surface area (Å²) >= 11 is 0. The molecule has 0 amide bonds. The van der Waals surface area contributed by atoms with E-state index in [0.29, 0.717) is 11.5 Å². The van der Waals surface area contributed by atoms with Crippen LogP contribution in [0.4, 0.5) is 5.82 Å². The lowest BCUT2D eigenvalue weighted by atomic mass is 10.3. The van der Waals surface area contributed by atoms with E-state index in [0.717, 1.165) is 0 Å². The molecule has 3 rings (SSSR count). The van der Waals surface area contributed by atoms with Crippen molar-refractivity contribution in [1.82, 2.24) is 19.6 Å². The number of rotatable bonds is 2. The molecule has 0 saturated heterocycles. The zero-order valence-corrected chi connectivity index (χ0v) is 9.50. The molecule has 0 aliphatic carbocycles. The lowest BCUT2D eigenvalue weighted by Crippen LogP contribution is -2.22. The van der Waals surface area contributed by atoms with Crippen molar-refractivity contribution in [2.24, 2.45) is 0 Å². The van der Waals surface area contributed by atoms with Gasteiger partial charge in [0.25, 0.3) is 0 Å². The summed E-state index contributed by atoms with van der Waals surface area (Å²) in [4.78, 5) is 4.13. The van der Waals surface area contributed by atoms with E-state index < -0.39 is 9.84 Å². The third-order valence-corrected chi connectivity index (χ3v) is 3.86. The van der Waals surface area contributed by atoms with Crippen LogP contribution in [0.5, 0.6) is 0 Å². The average Bonchev–Trinajstić information content (AvgIpc) is 2.85. The first-order valence-corrected chi connectivity index (χ1v) is 6.67. The van der Waals surface area contributed by atoms with E-state index in [2.05, 4.69) is 20.5 Å². The molecule has 1 unspecified atom stereocenters. The third-order valence-electron chi connectivity index (χ3n) is 2.47. The van der Waals surface area contributed by atoms with E-state index in [1.165, 1.54) is 5.41 Å². The number of fused-ring (bicyclic) bond motifs is 1. The first-order valence-electron chi connectivity index (χ1n) is 4.96. The average molecular weight is 251 g/mol. The lowest BCUT2D eigenvalue weighted by molar-refractivity contribution is 0.605. The highest BCUT2D eigenvalue weighted by atomic mass is 32.2. The van der Waals surface area contributed by atoms with Crippen LogP contribution in [-0.4, -0.2) is 39.8 Å². The Morgan fingerprint density at radius 3 is 3.12 bits per heavy atom. The van der Waals surface area contributed by atoms with Gasteiger partial charge in [-0.3, -0.25) is 4.40 Å². The summed E-state index contributed by atoms with van der Waals surface area (Å²) in [5.41, 5.74) is 0.574. The maximum absolute atomic E-state index is 11.3. The van der Waals surface area contributed by atoms with Crippen molar-refractivity contribution in [3.05, 3.63) is 30.2 Å². The molecule has 1 N–H and O–H groups in total. The normalized spacial score (nSPS) is 22.0. The van der Waals surface area contributed by atoms with Crippen molar-refractivity contribution < 1.29 is 8.42 Å². The fourth-order valence-corrected chi connectivity index (χ4v) is 2.94. The van der Waals surface area contributed by atoms with Crippen molar-refractivity contribution in [2.75, 3.05) is 11.1 Å². The molecule has 1 aliphatic rings. The molecule has 0 fully saturated rings. The number of nitrogens with zero attached hydrogens (tertiary/aromatic N) is 4. The fraction of sp³-hybridized carbons (Fsp3) is 0.222. The maximum atomic E-state index is 11.3. The first kappa shape index (κ1) is 10.2. The molecular formula is C9H9N5O2S. The van der Waals surface area contributed by atoms with Gasteiger partial charge in [0.2, 0.25) is 5.65 Å². The molecular weight excluding hydrogens is 242 g/mol. The number of anilines is 1. The second-order valence-electron chi connectivity index (χ2n) is 3.75. The molecule has 0 bridgehead atoms. The van der Waals surface area contributed by atoms with Crippen LogP contribution in [0.25, 0.3) is 5.65 Å². The van der Waals surface area contributed by atoms with E-state index in [4.69, 9.17) is 0 Å². The summed E-state index contributed by atoms with van der Waals surface area (Å²) in [5.74, 6) is 0.570. The van der Waals surface area contributed by atoms with Crippen molar-refractivity contribution in [1.29, 1.82) is 0 Å². The minimum atomic E-state index is -3.07.